The molecule has 0 saturated heterocycles. The Hall–Kier alpha value is -2.28. The standard InChI is InChI=1S/C13H13N3O3S/c17-11(18)6-3-4-9-8-20-13(15-9)16-12(19)10-5-1-2-7-14-10/h1-2,5,7-8H,3-4,6H2,(H,17,18)(H,15,16,19). The second-order valence-electron chi connectivity index (χ2n) is 4.06. The van der Waals surface area contributed by atoms with Gasteiger partial charge in [0.2, 0.25) is 0 Å². The van der Waals surface area contributed by atoms with E-state index >= 15 is 0 Å². The third kappa shape index (κ3) is 4.13. The van der Waals surface area contributed by atoms with Crippen LogP contribution in [0.15, 0.2) is 29.8 Å². The molecule has 2 aromatic rings. The molecule has 0 atom stereocenters. The van der Waals surface area contributed by atoms with Gasteiger partial charge >= 0.3 is 5.97 Å². The molecule has 1 amide bonds. The molecule has 2 N–H and O–H groups in total. The highest BCUT2D eigenvalue weighted by Gasteiger charge is 2.09. The number of hydrogen-bond donors (Lipinski definition) is 2. The Morgan fingerprint density at radius 3 is 2.90 bits per heavy atom. The molecule has 0 bridgehead atoms. The van der Waals surface area contributed by atoms with Crippen LogP contribution < -0.4 is 5.32 Å². The number of carboxylic acid groups (broad SMARTS) is 1. The summed E-state index contributed by atoms with van der Waals surface area (Å²) in [5, 5.41) is 13.5. The molecule has 0 saturated carbocycles. The van der Waals surface area contributed by atoms with Crippen molar-refractivity contribution in [3.05, 3.63) is 41.2 Å². The summed E-state index contributed by atoms with van der Waals surface area (Å²) < 4.78 is 0. The lowest BCUT2D eigenvalue weighted by atomic mass is 10.2. The number of rotatable bonds is 6. The summed E-state index contributed by atoms with van der Waals surface area (Å²) in [4.78, 5) is 30.4. The first-order valence-corrected chi connectivity index (χ1v) is 6.91. The summed E-state index contributed by atoms with van der Waals surface area (Å²) in [6.07, 6.45) is 2.79. The number of carbonyl (C=O) groups is 2. The number of nitrogens with one attached hydrogen (secondary N) is 1. The van der Waals surface area contributed by atoms with Crippen LogP contribution in [-0.2, 0) is 11.2 Å². The summed E-state index contributed by atoms with van der Waals surface area (Å²) in [7, 11) is 0. The highest BCUT2D eigenvalue weighted by molar-refractivity contribution is 7.13. The van der Waals surface area contributed by atoms with Gasteiger partial charge in [0.1, 0.15) is 5.69 Å². The van der Waals surface area contributed by atoms with Gasteiger partial charge in [0, 0.05) is 18.0 Å². The quantitative estimate of drug-likeness (QED) is 0.851. The van der Waals surface area contributed by atoms with Crippen LogP contribution in [0.25, 0.3) is 0 Å². The highest BCUT2D eigenvalue weighted by Crippen LogP contribution is 2.17. The predicted molar refractivity (Wildman–Crippen MR) is 74.9 cm³/mol. The van der Waals surface area contributed by atoms with Gasteiger partial charge in [0.15, 0.2) is 5.13 Å². The van der Waals surface area contributed by atoms with Crippen molar-refractivity contribution in [1.29, 1.82) is 0 Å². The zero-order valence-corrected chi connectivity index (χ0v) is 11.4. The summed E-state index contributed by atoms with van der Waals surface area (Å²) in [5.74, 6) is -1.12. The molecule has 0 unspecified atom stereocenters. The lowest BCUT2D eigenvalue weighted by Crippen LogP contribution is -2.13. The Labute approximate surface area is 119 Å². The molecular formula is C13H13N3O3S. The minimum absolute atomic E-state index is 0.118. The Morgan fingerprint density at radius 2 is 2.20 bits per heavy atom. The molecule has 0 aliphatic rings. The Balaban J connectivity index is 1.89. The third-order valence-electron chi connectivity index (χ3n) is 2.49. The molecule has 20 heavy (non-hydrogen) atoms. The number of hydrogen-bond acceptors (Lipinski definition) is 5. The Kier molecular flexibility index (Phi) is 4.78. The van der Waals surface area contributed by atoms with E-state index in [1.807, 2.05) is 5.38 Å². The highest BCUT2D eigenvalue weighted by atomic mass is 32.1. The minimum atomic E-state index is -0.816. The van der Waals surface area contributed by atoms with Crippen molar-refractivity contribution in [2.45, 2.75) is 19.3 Å². The lowest BCUT2D eigenvalue weighted by Gasteiger charge is -1.99. The fourth-order valence-corrected chi connectivity index (χ4v) is 2.30. The number of aromatic nitrogens is 2. The first kappa shape index (κ1) is 14.1. The van der Waals surface area contributed by atoms with Gasteiger partial charge in [0.25, 0.3) is 5.91 Å². The topological polar surface area (TPSA) is 92.2 Å². The predicted octanol–water partition coefficient (Wildman–Crippen LogP) is 2.20. The molecule has 6 nitrogen and oxygen atoms in total. The minimum Gasteiger partial charge on any atom is -0.481 e. The van der Waals surface area contributed by atoms with E-state index in [0.29, 0.717) is 23.7 Å². The van der Waals surface area contributed by atoms with Crippen molar-refractivity contribution >= 4 is 28.3 Å². The van der Waals surface area contributed by atoms with Gasteiger partial charge in [-0.2, -0.15) is 0 Å². The number of aryl methyl sites for hydroxylation is 1. The van der Waals surface area contributed by atoms with Crippen LogP contribution in [0.5, 0.6) is 0 Å². The first-order valence-electron chi connectivity index (χ1n) is 6.04. The molecule has 0 aromatic carbocycles. The number of thiazole rings is 1. The van der Waals surface area contributed by atoms with E-state index in [1.165, 1.54) is 11.3 Å². The van der Waals surface area contributed by atoms with Crippen molar-refractivity contribution in [2.24, 2.45) is 0 Å². The van der Waals surface area contributed by atoms with Crippen LogP contribution in [0.1, 0.15) is 29.0 Å². The second kappa shape index (κ2) is 6.76. The average Bonchev–Trinajstić information content (AvgIpc) is 2.87. The Morgan fingerprint density at radius 1 is 1.35 bits per heavy atom. The van der Waals surface area contributed by atoms with Crippen LogP contribution in [-0.4, -0.2) is 27.0 Å². The molecule has 0 aliphatic carbocycles. The van der Waals surface area contributed by atoms with E-state index in [0.717, 1.165) is 5.69 Å². The van der Waals surface area contributed by atoms with Crippen molar-refractivity contribution < 1.29 is 14.7 Å². The number of amides is 1. The number of carbonyl (C=O) groups excluding carboxylic acids is 1. The van der Waals surface area contributed by atoms with Crippen LogP contribution in [0.4, 0.5) is 5.13 Å². The fraction of sp³-hybridized carbons (Fsp3) is 0.231. The Bertz CT molecular complexity index is 598. The molecule has 2 heterocycles. The molecule has 2 rings (SSSR count). The summed E-state index contributed by atoms with van der Waals surface area (Å²) in [5.41, 5.74) is 1.11. The van der Waals surface area contributed by atoms with Crippen LogP contribution in [0.2, 0.25) is 0 Å². The van der Waals surface area contributed by atoms with Gasteiger partial charge in [-0.1, -0.05) is 6.07 Å². The fourth-order valence-electron chi connectivity index (χ4n) is 1.56. The van der Waals surface area contributed by atoms with Gasteiger partial charge in [0.05, 0.1) is 5.69 Å². The van der Waals surface area contributed by atoms with Crippen LogP contribution in [0.3, 0.4) is 0 Å². The smallest absolute Gasteiger partial charge is 0.303 e. The molecule has 2 aromatic heterocycles. The van der Waals surface area contributed by atoms with Crippen LogP contribution in [0, 0.1) is 0 Å². The third-order valence-corrected chi connectivity index (χ3v) is 3.30. The van der Waals surface area contributed by atoms with E-state index in [1.54, 1.807) is 24.4 Å². The average molecular weight is 291 g/mol. The number of carboxylic acids is 1. The van der Waals surface area contributed by atoms with Crippen molar-refractivity contribution in [3.8, 4) is 0 Å². The zero-order chi connectivity index (χ0) is 14.4. The van der Waals surface area contributed by atoms with Gasteiger partial charge in [-0.25, -0.2) is 4.98 Å². The van der Waals surface area contributed by atoms with Crippen molar-refractivity contribution in [2.75, 3.05) is 5.32 Å². The van der Waals surface area contributed by atoms with Gasteiger partial charge in [-0.05, 0) is 25.0 Å². The molecule has 7 heteroatoms. The molecule has 104 valence electrons. The van der Waals surface area contributed by atoms with E-state index < -0.39 is 5.97 Å². The molecular weight excluding hydrogens is 278 g/mol. The molecule has 0 fully saturated rings. The van der Waals surface area contributed by atoms with Gasteiger partial charge < -0.3 is 5.11 Å². The summed E-state index contributed by atoms with van der Waals surface area (Å²) in [6.45, 7) is 0. The lowest BCUT2D eigenvalue weighted by molar-refractivity contribution is -0.137. The number of anilines is 1. The summed E-state index contributed by atoms with van der Waals surface area (Å²) >= 11 is 1.31. The monoisotopic (exact) mass is 291 g/mol. The van der Waals surface area contributed by atoms with E-state index in [-0.39, 0.29) is 12.3 Å². The SMILES string of the molecule is O=C(O)CCCc1csc(NC(=O)c2ccccn2)n1. The first-order chi connectivity index (χ1) is 9.65. The van der Waals surface area contributed by atoms with Crippen LogP contribution >= 0.6 is 11.3 Å². The van der Waals surface area contributed by atoms with Gasteiger partial charge in [-0.3, -0.25) is 19.9 Å². The largest absolute Gasteiger partial charge is 0.481 e. The molecule has 0 aliphatic heterocycles. The van der Waals surface area contributed by atoms with E-state index in [4.69, 9.17) is 5.11 Å². The summed E-state index contributed by atoms with van der Waals surface area (Å²) in [6, 6.07) is 5.10. The van der Waals surface area contributed by atoms with E-state index in [9.17, 15) is 9.59 Å². The number of pyridine rings is 1. The normalized spacial score (nSPS) is 10.2. The van der Waals surface area contributed by atoms with Gasteiger partial charge in [-0.15, -0.1) is 11.3 Å². The van der Waals surface area contributed by atoms with Crippen molar-refractivity contribution in [3.63, 3.8) is 0 Å². The number of nitrogens with zero attached hydrogens (tertiary/aromatic N) is 2. The molecule has 0 radical (unpaired) electrons. The maximum absolute atomic E-state index is 11.8. The second-order valence-corrected chi connectivity index (χ2v) is 4.92. The van der Waals surface area contributed by atoms with Crippen molar-refractivity contribution in [1.82, 2.24) is 9.97 Å². The maximum Gasteiger partial charge on any atom is 0.303 e. The molecule has 0 spiro atoms. The maximum atomic E-state index is 11.8. The number of aliphatic carboxylic acids is 1. The zero-order valence-electron chi connectivity index (χ0n) is 10.6. The van der Waals surface area contributed by atoms with E-state index in [2.05, 4.69) is 15.3 Å².